The molecule has 2 aromatic heterocycles. The fourth-order valence-corrected chi connectivity index (χ4v) is 3.40. The maximum atomic E-state index is 13.6. The van der Waals surface area contributed by atoms with Gasteiger partial charge in [-0.15, -0.1) is 0 Å². The minimum absolute atomic E-state index is 0.0354. The van der Waals surface area contributed by atoms with Crippen molar-refractivity contribution in [2.75, 3.05) is 12.4 Å². The number of aryl methyl sites for hydroxylation is 1. The predicted molar refractivity (Wildman–Crippen MR) is 90.2 cm³/mol. The molecule has 1 aliphatic heterocycles. The molecule has 0 bridgehead atoms. The quantitative estimate of drug-likeness (QED) is 0.788. The Hall–Kier alpha value is -3.03. The summed E-state index contributed by atoms with van der Waals surface area (Å²) in [5, 5.41) is 8.11. The lowest BCUT2D eigenvalue weighted by molar-refractivity contribution is -0.127. The van der Waals surface area contributed by atoms with E-state index in [0.717, 1.165) is 5.69 Å². The van der Waals surface area contributed by atoms with Crippen molar-refractivity contribution >= 4 is 22.6 Å². The number of rotatable bonds is 3. The van der Waals surface area contributed by atoms with Crippen LogP contribution in [0, 0.1) is 5.82 Å². The molecule has 25 heavy (non-hydrogen) atoms. The molecular weight excluding hydrogens is 323 g/mol. The molecular formula is C17H17FN6O. The van der Waals surface area contributed by atoms with Gasteiger partial charge in [0, 0.05) is 32.1 Å². The molecule has 0 unspecified atom stereocenters. The van der Waals surface area contributed by atoms with Crippen LogP contribution >= 0.6 is 0 Å². The number of halogens is 1. The van der Waals surface area contributed by atoms with Gasteiger partial charge in [0.25, 0.3) is 0 Å². The Morgan fingerprint density at radius 1 is 1.24 bits per heavy atom. The summed E-state index contributed by atoms with van der Waals surface area (Å²) in [6.07, 6.45) is 3.47. The minimum atomic E-state index is -0.354. The first-order chi connectivity index (χ1) is 12.0. The SMILES string of the molecule is CN1C(=O)C[C@@H](Nc2ncnc3ccc(F)cc23)[C@@H]1c1ccnn1C. The zero-order valence-electron chi connectivity index (χ0n) is 13.8. The number of amides is 1. The van der Waals surface area contributed by atoms with Gasteiger partial charge in [0.05, 0.1) is 23.3 Å². The molecule has 128 valence electrons. The second kappa shape index (κ2) is 5.80. The molecule has 8 heteroatoms. The van der Waals surface area contributed by atoms with Crippen LogP contribution in [0.1, 0.15) is 18.2 Å². The van der Waals surface area contributed by atoms with E-state index >= 15 is 0 Å². The fourth-order valence-electron chi connectivity index (χ4n) is 3.40. The van der Waals surface area contributed by atoms with Gasteiger partial charge in [-0.1, -0.05) is 0 Å². The van der Waals surface area contributed by atoms with Gasteiger partial charge in [-0.25, -0.2) is 14.4 Å². The minimum Gasteiger partial charge on any atom is -0.364 e. The zero-order chi connectivity index (χ0) is 17.6. The first-order valence-electron chi connectivity index (χ1n) is 7.95. The van der Waals surface area contributed by atoms with Gasteiger partial charge in [0.15, 0.2) is 0 Å². The van der Waals surface area contributed by atoms with E-state index in [0.29, 0.717) is 23.1 Å². The third-order valence-electron chi connectivity index (χ3n) is 4.67. The van der Waals surface area contributed by atoms with Crippen molar-refractivity contribution in [2.24, 2.45) is 7.05 Å². The summed E-state index contributed by atoms with van der Waals surface area (Å²) in [4.78, 5) is 22.4. The highest BCUT2D eigenvalue weighted by Crippen LogP contribution is 2.34. The second-order valence-electron chi connectivity index (χ2n) is 6.17. The Labute approximate surface area is 143 Å². The fraction of sp³-hybridized carbons (Fsp3) is 0.294. The summed E-state index contributed by atoms with van der Waals surface area (Å²) in [6.45, 7) is 0. The van der Waals surface area contributed by atoms with Crippen LogP contribution in [0.25, 0.3) is 10.9 Å². The van der Waals surface area contributed by atoms with E-state index in [9.17, 15) is 9.18 Å². The standard InChI is InChI=1S/C17H17FN6O/c1-23-15(25)8-13(16(23)14-5-6-21-24(14)2)22-17-11-7-10(18)3-4-12(11)19-9-20-17/h3-7,9,13,16H,8H2,1-2H3,(H,19,20,22)/t13-,16-/m1/s1. The van der Waals surface area contributed by atoms with Crippen molar-refractivity contribution in [1.29, 1.82) is 0 Å². The van der Waals surface area contributed by atoms with E-state index in [1.807, 2.05) is 13.1 Å². The Balaban J connectivity index is 1.73. The zero-order valence-corrected chi connectivity index (χ0v) is 13.8. The molecule has 4 rings (SSSR count). The third kappa shape index (κ3) is 2.59. The van der Waals surface area contributed by atoms with Crippen molar-refractivity contribution in [3.05, 3.63) is 48.3 Å². The van der Waals surface area contributed by atoms with Crippen LogP contribution in [0.15, 0.2) is 36.8 Å². The van der Waals surface area contributed by atoms with E-state index in [1.165, 1.54) is 18.5 Å². The number of benzene rings is 1. The van der Waals surface area contributed by atoms with Crippen LogP contribution in [0.3, 0.4) is 0 Å². The molecule has 1 aliphatic rings. The number of likely N-dealkylation sites (tertiary alicyclic amines) is 1. The van der Waals surface area contributed by atoms with Crippen LogP contribution in [0.4, 0.5) is 10.2 Å². The van der Waals surface area contributed by atoms with Gasteiger partial charge in [0.1, 0.15) is 18.0 Å². The van der Waals surface area contributed by atoms with E-state index in [-0.39, 0.29) is 23.8 Å². The molecule has 1 fully saturated rings. The molecule has 1 amide bonds. The first-order valence-corrected chi connectivity index (χ1v) is 7.95. The Kier molecular flexibility index (Phi) is 3.60. The number of carbonyl (C=O) groups excluding carboxylic acids is 1. The number of hydrogen-bond donors (Lipinski definition) is 1. The van der Waals surface area contributed by atoms with E-state index in [1.54, 1.807) is 28.9 Å². The van der Waals surface area contributed by atoms with E-state index in [4.69, 9.17) is 0 Å². The average Bonchev–Trinajstić information content (AvgIpc) is 3.12. The largest absolute Gasteiger partial charge is 0.364 e. The molecule has 0 spiro atoms. The maximum Gasteiger partial charge on any atom is 0.225 e. The normalized spacial score (nSPS) is 20.4. The number of anilines is 1. The number of fused-ring (bicyclic) bond motifs is 1. The Morgan fingerprint density at radius 3 is 2.84 bits per heavy atom. The van der Waals surface area contributed by atoms with Crippen LogP contribution in [0.5, 0.6) is 0 Å². The molecule has 2 atom stereocenters. The summed E-state index contributed by atoms with van der Waals surface area (Å²) in [6, 6.07) is 5.89. The van der Waals surface area contributed by atoms with Gasteiger partial charge in [-0.3, -0.25) is 9.48 Å². The molecule has 1 saturated heterocycles. The monoisotopic (exact) mass is 340 g/mol. The number of carbonyl (C=O) groups is 1. The van der Waals surface area contributed by atoms with Crippen molar-refractivity contribution in [2.45, 2.75) is 18.5 Å². The van der Waals surface area contributed by atoms with Gasteiger partial charge in [-0.2, -0.15) is 5.10 Å². The lowest BCUT2D eigenvalue weighted by Crippen LogP contribution is -2.31. The third-order valence-corrected chi connectivity index (χ3v) is 4.67. The molecule has 0 aliphatic carbocycles. The van der Waals surface area contributed by atoms with Gasteiger partial charge in [-0.05, 0) is 24.3 Å². The molecule has 1 aromatic carbocycles. The summed E-state index contributed by atoms with van der Waals surface area (Å²) < 4.78 is 15.4. The summed E-state index contributed by atoms with van der Waals surface area (Å²) >= 11 is 0. The molecule has 1 N–H and O–H groups in total. The summed E-state index contributed by atoms with van der Waals surface area (Å²) in [5.41, 5.74) is 1.57. The van der Waals surface area contributed by atoms with Crippen molar-refractivity contribution in [1.82, 2.24) is 24.6 Å². The Morgan fingerprint density at radius 2 is 2.08 bits per heavy atom. The summed E-state index contributed by atoms with van der Waals surface area (Å²) in [5.74, 6) is 0.200. The van der Waals surface area contributed by atoms with Crippen molar-refractivity contribution < 1.29 is 9.18 Å². The highest BCUT2D eigenvalue weighted by Gasteiger charge is 2.40. The smallest absolute Gasteiger partial charge is 0.225 e. The molecule has 7 nitrogen and oxygen atoms in total. The first kappa shape index (κ1) is 15.5. The lowest BCUT2D eigenvalue weighted by atomic mass is 10.1. The lowest BCUT2D eigenvalue weighted by Gasteiger charge is -2.26. The highest BCUT2D eigenvalue weighted by atomic mass is 19.1. The highest BCUT2D eigenvalue weighted by molar-refractivity contribution is 5.89. The van der Waals surface area contributed by atoms with Crippen LogP contribution < -0.4 is 5.32 Å². The molecule has 0 radical (unpaired) electrons. The second-order valence-corrected chi connectivity index (χ2v) is 6.17. The maximum absolute atomic E-state index is 13.6. The molecule has 0 saturated carbocycles. The number of likely N-dealkylation sites (N-methyl/N-ethyl adjacent to an activating group) is 1. The van der Waals surface area contributed by atoms with Crippen LogP contribution in [-0.2, 0) is 11.8 Å². The average molecular weight is 340 g/mol. The van der Waals surface area contributed by atoms with E-state index in [2.05, 4.69) is 20.4 Å². The topological polar surface area (TPSA) is 75.9 Å². The van der Waals surface area contributed by atoms with Gasteiger partial charge >= 0.3 is 0 Å². The Bertz CT molecular complexity index is 955. The van der Waals surface area contributed by atoms with Crippen LogP contribution in [0.2, 0.25) is 0 Å². The number of aromatic nitrogens is 4. The van der Waals surface area contributed by atoms with Gasteiger partial charge < -0.3 is 10.2 Å². The molecule has 3 aromatic rings. The van der Waals surface area contributed by atoms with Gasteiger partial charge in [0.2, 0.25) is 5.91 Å². The van der Waals surface area contributed by atoms with Crippen molar-refractivity contribution in [3.8, 4) is 0 Å². The summed E-state index contributed by atoms with van der Waals surface area (Å²) in [7, 11) is 3.62. The number of hydrogen-bond acceptors (Lipinski definition) is 5. The number of nitrogens with one attached hydrogen (secondary N) is 1. The number of nitrogens with zero attached hydrogens (tertiary/aromatic N) is 5. The van der Waals surface area contributed by atoms with Crippen LogP contribution in [-0.4, -0.2) is 43.6 Å². The van der Waals surface area contributed by atoms with E-state index < -0.39 is 0 Å². The predicted octanol–water partition coefficient (Wildman–Crippen LogP) is 1.89. The van der Waals surface area contributed by atoms with Crippen molar-refractivity contribution in [3.63, 3.8) is 0 Å². The molecule has 3 heterocycles.